The standard InChI is InChI=1S/C25H12Cl3NO4S/c26-14-9-10-15(17(27)12-14)23-29-18(24(30)33-23)11-13-5-1-3-7-19(13)32-25(31)22-21(28)16-6-2-4-8-20(16)34-22/h1-12H/b18-11+. The van der Waals surface area contributed by atoms with E-state index in [0.717, 1.165) is 10.1 Å². The molecular formula is C25H12Cl3NO4S. The smallest absolute Gasteiger partial charge is 0.363 e. The summed E-state index contributed by atoms with van der Waals surface area (Å²) in [5, 5.41) is 1.88. The van der Waals surface area contributed by atoms with Crippen molar-refractivity contribution in [2.45, 2.75) is 0 Å². The van der Waals surface area contributed by atoms with Crippen LogP contribution in [0.5, 0.6) is 5.75 Å². The summed E-state index contributed by atoms with van der Waals surface area (Å²) in [6.45, 7) is 0. The fourth-order valence-electron chi connectivity index (χ4n) is 3.32. The Morgan fingerprint density at radius 1 is 1.00 bits per heavy atom. The number of esters is 2. The maximum Gasteiger partial charge on any atom is 0.363 e. The van der Waals surface area contributed by atoms with Crippen LogP contribution in [0, 0.1) is 0 Å². The summed E-state index contributed by atoms with van der Waals surface area (Å²) >= 11 is 19.8. The largest absolute Gasteiger partial charge is 0.422 e. The molecule has 0 saturated heterocycles. The van der Waals surface area contributed by atoms with Gasteiger partial charge in [-0.15, -0.1) is 11.3 Å². The van der Waals surface area contributed by atoms with Gasteiger partial charge in [0.2, 0.25) is 5.90 Å². The lowest BCUT2D eigenvalue weighted by molar-refractivity contribution is -0.129. The molecule has 0 N–H and O–H groups in total. The van der Waals surface area contributed by atoms with E-state index in [4.69, 9.17) is 44.3 Å². The highest BCUT2D eigenvalue weighted by atomic mass is 35.5. The van der Waals surface area contributed by atoms with Crippen LogP contribution >= 0.6 is 46.1 Å². The molecule has 0 radical (unpaired) electrons. The van der Waals surface area contributed by atoms with Gasteiger partial charge in [0.25, 0.3) is 0 Å². The number of cyclic esters (lactones) is 1. The van der Waals surface area contributed by atoms with E-state index in [-0.39, 0.29) is 17.3 Å². The summed E-state index contributed by atoms with van der Waals surface area (Å²) in [5.41, 5.74) is 0.929. The Labute approximate surface area is 212 Å². The first-order chi connectivity index (χ1) is 16.4. The highest BCUT2D eigenvalue weighted by Gasteiger charge is 2.26. The number of benzene rings is 3. The molecule has 0 fully saturated rings. The van der Waals surface area contributed by atoms with Crippen LogP contribution < -0.4 is 4.74 Å². The minimum atomic E-state index is -0.658. The molecule has 4 aromatic rings. The fraction of sp³-hybridized carbons (Fsp3) is 0. The van der Waals surface area contributed by atoms with E-state index in [0.29, 0.717) is 31.1 Å². The first-order valence-electron chi connectivity index (χ1n) is 9.87. The number of para-hydroxylation sites is 1. The highest BCUT2D eigenvalue weighted by molar-refractivity contribution is 7.21. The quantitative estimate of drug-likeness (QED) is 0.157. The van der Waals surface area contributed by atoms with Crippen LogP contribution in [0.15, 0.2) is 77.4 Å². The van der Waals surface area contributed by atoms with Gasteiger partial charge in [0.05, 0.1) is 15.6 Å². The Morgan fingerprint density at radius 2 is 1.76 bits per heavy atom. The predicted octanol–water partition coefficient (Wildman–Crippen LogP) is 7.43. The fourth-order valence-corrected chi connectivity index (χ4v) is 5.19. The summed E-state index contributed by atoms with van der Waals surface area (Å²) in [4.78, 5) is 29.9. The van der Waals surface area contributed by atoms with Crippen LogP contribution in [0.25, 0.3) is 16.2 Å². The van der Waals surface area contributed by atoms with Gasteiger partial charge in [-0.25, -0.2) is 14.6 Å². The third-order valence-corrected chi connectivity index (χ3v) is 7.12. The number of aliphatic imine (C=N–C) groups is 1. The second-order valence-electron chi connectivity index (χ2n) is 7.13. The van der Waals surface area contributed by atoms with Gasteiger partial charge in [-0.3, -0.25) is 0 Å². The average Bonchev–Trinajstić information content (AvgIpc) is 3.35. The number of rotatable bonds is 4. The zero-order chi connectivity index (χ0) is 23.8. The van der Waals surface area contributed by atoms with Crippen molar-refractivity contribution in [3.05, 3.63) is 103 Å². The van der Waals surface area contributed by atoms with Crippen molar-refractivity contribution in [3.63, 3.8) is 0 Å². The van der Waals surface area contributed by atoms with Gasteiger partial charge in [-0.2, -0.15) is 0 Å². The summed E-state index contributed by atoms with van der Waals surface area (Å²) in [6.07, 6.45) is 1.48. The number of halogens is 3. The van der Waals surface area contributed by atoms with Gasteiger partial charge in [0.1, 0.15) is 10.6 Å². The molecule has 5 nitrogen and oxygen atoms in total. The molecule has 0 spiro atoms. The van der Waals surface area contributed by atoms with Crippen molar-refractivity contribution in [3.8, 4) is 5.75 Å². The Bertz CT molecular complexity index is 1540. The van der Waals surface area contributed by atoms with Crippen LogP contribution in [0.3, 0.4) is 0 Å². The van der Waals surface area contributed by atoms with Crippen molar-refractivity contribution >= 4 is 80.1 Å². The molecule has 1 aliphatic heterocycles. The molecule has 0 aliphatic carbocycles. The predicted molar refractivity (Wildman–Crippen MR) is 135 cm³/mol. The molecule has 168 valence electrons. The SMILES string of the molecule is O=C1OC(c2ccc(Cl)cc2Cl)=N/C1=C/c1ccccc1OC(=O)c1sc2ccccc2c1Cl. The summed E-state index contributed by atoms with van der Waals surface area (Å²) in [7, 11) is 0. The van der Waals surface area contributed by atoms with Gasteiger partial charge in [0.15, 0.2) is 5.70 Å². The first-order valence-corrected chi connectivity index (χ1v) is 11.8. The summed E-state index contributed by atoms with van der Waals surface area (Å²) in [6, 6.07) is 19.0. The van der Waals surface area contributed by atoms with Crippen molar-refractivity contribution in [2.75, 3.05) is 0 Å². The second-order valence-corrected chi connectivity index (χ2v) is 9.40. The van der Waals surface area contributed by atoms with Crippen molar-refractivity contribution in [1.29, 1.82) is 0 Å². The first kappa shape index (κ1) is 22.6. The number of carbonyl (C=O) groups excluding carboxylic acids is 2. The molecule has 3 aromatic carbocycles. The van der Waals surface area contributed by atoms with E-state index in [1.54, 1.807) is 36.4 Å². The number of hydrogen-bond donors (Lipinski definition) is 0. The highest BCUT2D eigenvalue weighted by Crippen LogP contribution is 2.36. The third kappa shape index (κ3) is 4.33. The molecule has 0 saturated carbocycles. The molecular weight excluding hydrogens is 517 g/mol. The number of carbonyl (C=O) groups is 2. The molecule has 0 atom stereocenters. The van der Waals surface area contributed by atoms with E-state index in [9.17, 15) is 9.59 Å². The van der Waals surface area contributed by atoms with Crippen LogP contribution in [-0.4, -0.2) is 17.8 Å². The van der Waals surface area contributed by atoms with E-state index < -0.39 is 11.9 Å². The molecule has 2 heterocycles. The molecule has 0 amide bonds. The third-order valence-electron chi connectivity index (χ3n) is 4.92. The molecule has 9 heteroatoms. The van der Waals surface area contributed by atoms with Gasteiger partial charge < -0.3 is 9.47 Å². The van der Waals surface area contributed by atoms with Gasteiger partial charge in [0, 0.05) is 20.7 Å². The maximum absolute atomic E-state index is 12.9. The molecule has 0 unspecified atom stereocenters. The normalized spacial score (nSPS) is 14.4. The van der Waals surface area contributed by atoms with E-state index in [2.05, 4.69) is 4.99 Å². The minimum Gasteiger partial charge on any atom is -0.422 e. The summed E-state index contributed by atoms with van der Waals surface area (Å²) < 4.78 is 11.8. The Balaban J connectivity index is 1.46. The summed E-state index contributed by atoms with van der Waals surface area (Å²) in [5.74, 6) is -0.947. The minimum absolute atomic E-state index is 0.0319. The molecule has 1 aromatic heterocycles. The molecule has 1 aliphatic rings. The lowest BCUT2D eigenvalue weighted by atomic mass is 10.1. The van der Waals surface area contributed by atoms with Crippen molar-refractivity contribution in [2.24, 2.45) is 4.99 Å². The number of ether oxygens (including phenoxy) is 2. The van der Waals surface area contributed by atoms with Crippen LogP contribution in [0.4, 0.5) is 0 Å². The monoisotopic (exact) mass is 527 g/mol. The number of fused-ring (bicyclic) bond motifs is 1. The molecule has 5 rings (SSSR count). The zero-order valence-electron chi connectivity index (χ0n) is 17.1. The van der Waals surface area contributed by atoms with E-state index in [1.807, 2.05) is 24.3 Å². The Hall–Kier alpha value is -3.16. The van der Waals surface area contributed by atoms with Crippen molar-refractivity contribution in [1.82, 2.24) is 0 Å². The average molecular weight is 529 g/mol. The number of nitrogens with zero attached hydrogens (tertiary/aromatic N) is 1. The topological polar surface area (TPSA) is 65.0 Å². The van der Waals surface area contributed by atoms with Gasteiger partial charge in [-0.05, 0) is 36.4 Å². The van der Waals surface area contributed by atoms with E-state index in [1.165, 1.54) is 23.5 Å². The molecule has 0 bridgehead atoms. The lowest BCUT2D eigenvalue weighted by Crippen LogP contribution is -2.08. The Kier molecular flexibility index (Phi) is 6.15. The Morgan fingerprint density at radius 3 is 2.56 bits per heavy atom. The van der Waals surface area contributed by atoms with Crippen LogP contribution in [0.1, 0.15) is 20.8 Å². The molecule has 34 heavy (non-hydrogen) atoms. The van der Waals surface area contributed by atoms with Gasteiger partial charge >= 0.3 is 11.9 Å². The van der Waals surface area contributed by atoms with Crippen molar-refractivity contribution < 1.29 is 19.1 Å². The van der Waals surface area contributed by atoms with Crippen LogP contribution in [-0.2, 0) is 9.53 Å². The lowest BCUT2D eigenvalue weighted by Gasteiger charge is -2.07. The number of thiophene rings is 1. The van der Waals surface area contributed by atoms with Crippen LogP contribution in [0.2, 0.25) is 15.1 Å². The van der Waals surface area contributed by atoms with E-state index >= 15 is 0 Å². The van der Waals surface area contributed by atoms with Gasteiger partial charge in [-0.1, -0.05) is 71.2 Å². The second kappa shape index (κ2) is 9.24. The number of hydrogen-bond acceptors (Lipinski definition) is 6. The maximum atomic E-state index is 12.9. The zero-order valence-corrected chi connectivity index (χ0v) is 20.1.